The molecule has 0 aliphatic carbocycles. The number of nitrogen functional groups attached to an aromatic ring is 1. The van der Waals surface area contributed by atoms with Crippen LogP contribution in [0.4, 0.5) is 11.4 Å². The van der Waals surface area contributed by atoms with E-state index in [9.17, 15) is 8.42 Å². The number of nitrogens with two attached hydrogens (primary N) is 1. The highest BCUT2D eigenvalue weighted by Gasteiger charge is 2.18. The second-order valence-electron chi connectivity index (χ2n) is 4.44. The van der Waals surface area contributed by atoms with Gasteiger partial charge in [-0.1, -0.05) is 11.6 Å². The second-order valence-corrected chi connectivity index (χ2v) is 6.49. The summed E-state index contributed by atoms with van der Waals surface area (Å²) in [4.78, 5) is 0.0833. The van der Waals surface area contributed by atoms with Crippen LogP contribution in [0, 0.1) is 18.3 Å². The third kappa shape index (κ3) is 3.27. The molecule has 0 saturated heterocycles. The number of nitrogens with zero attached hydrogens (tertiary/aromatic N) is 1. The van der Waals surface area contributed by atoms with Gasteiger partial charge in [0.2, 0.25) is 0 Å². The van der Waals surface area contributed by atoms with Gasteiger partial charge >= 0.3 is 0 Å². The molecule has 0 aliphatic rings. The third-order valence-corrected chi connectivity index (χ3v) is 4.68. The molecule has 0 radical (unpaired) electrons. The molecule has 0 amide bonds. The van der Waals surface area contributed by atoms with E-state index in [1.807, 2.05) is 6.07 Å². The first kappa shape index (κ1) is 15.2. The number of nitrogens with one attached hydrogen (secondary N) is 1. The molecular weight excluding hydrogens is 310 g/mol. The molecule has 0 spiro atoms. The van der Waals surface area contributed by atoms with Crippen LogP contribution in [0.3, 0.4) is 0 Å². The minimum absolute atomic E-state index is 0.0833. The lowest BCUT2D eigenvalue weighted by Crippen LogP contribution is -2.14. The first-order valence-corrected chi connectivity index (χ1v) is 7.78. The molecule has 0 fully saturated rings. The predicted molar refractivity (Wildman–Crippen MR) is 82.6 cm³/mol. The molecule has 2 aromatic carbocycles. The van der Waals surface area contributed by atoms with Gasteiger partial charge in [-0.3, -0.25) is 4.72 Å². The molecular formula is C14H12ClN3O2S. The highest BCUT2D eigenvalue weighted by Crippen LogP contribution is 2.27. The number of hydrogen-bond donors (Lipinski definition) is 2. The Morgan fingerprint density at radius 1 is 1.24 bits per heavy atom. The monoisotopic (exact) mass is 321 g/mol. The summed E-state index contributed by atoms with van der Waals surface area (Å²) in [6, 6.07) is 10.8. The van der Waals surface area contributed by atoms with Crippen LogP contribution in [0.2, 0.25) is 5.02 Å². The van der Waals surface area contributed by atoms with Crippen LogP contribution in [0.15, 0.2) is 41.3 Å². The maximum absolute atomic E-state index is 12.4. The number of halogens is 1. The van der Waals surface area contributed by atoms with Crippen LogP contribution in [0.25, 0.3) is 0 Å². The van der Waals surface area contributed by atoms with Crippen LogP contribution < -0.4 is 10.5 Å². The highest BCUT2D eigenvalue weighted by molar-refractivity contribution is 7.92. The van der Waals surface area contributed by atoms with Crippen molar-refractivity contribution in [3.63, 3.8) is 0 Å². The maximum atomic E-state index is 12.4. The van der Waals surface area contributed by atoms with Crippen molar-refractivity contribution in [1.29, 1.82) is 5.26 Å². The van der Waals surface area contributed by atoms with Crippen LogP contribution >= 0.6 is 11.6 Å². The Hall–Kier alpha value is -2.23. The van der Waals surface area contributed by atoms with Gasteiger partial charge in [-0.05, 0) is 48.9 Å². The van der Waals surface area contributed by atoms with Gasteiger partial charge in [0.15, 0.2) is 0 Å². The number of nitriles is 1. The molecule has 2 rings (SSSR count). The summed E-state index contributed by atoms with van der Waals surface area (Å²) in [5.41, 5.74) is 7.10. The van der Waals surface area contributed by atoms with Crippen molar-refractivity contribution in [1.82, 2.24) is 0 Å². The molecule has 3 N–H and O–H groups in total. The summed E-state index contributed by atoms with van der Waals surface area (Å²) < 4.78 is 27.2. The Balaban J connectivity index is 2.44. The molecule has 21 heavy (non-hydrogen) atoms. The molecule has 0 bridgehead atoms. The van der Waals surface area contributed by atoms with E-state index in [4.69, 9.17) is 22.6 Å². The lowest BCUT2D eigenvalue weighted by Gasteiger charge is -2.12. The zero-order chi connectivity index (χ0) is 15.6. The third-order valence-electron chi connectivity index (χ3n) is 2.83. The Kier molecular flexibility index (Phi) is 4.07. The number of hydrogen-bond acceptors (Lipinski definition) is 4. The average molecular weight is 322 g/mol. The van der Waals surface area contributed by atoms with E-state index in [0.717, 1.165) is 0 Å². The largest absolute Gasteiger partial charge is 0.399 e. The van der Waals surface area contributed by atoms with E-state index < -0.39 is 10.0 Å². The molecule has 7 heteroatoms. The summed E-state index contributed by atoms with van der Waals surface area (Å²) in [6.45, 7) is 1.62. The molecule has 0 saturated carbocycles. The summed E-state index contributed by atoms with van der Waals surface area (Å²) in [5.74, 6) is 0. The summed E-state index contributed by atoms with van der Waals surface area (Å²) in [7, 11) is -3.81. The maximum Gasteiger partial charge on any atom is 0.262 e. The molecule has 0 aliphatic heterocycles. The average Bonchev–Trinajstić information content (AvgIpc) is 2.42. The van der Waals surface area contributed by atoms with Gasteiger partial charge < -0.3 is 5.73 Å². The van der Waals surface area contributed by atoms with Crippen LogP contribution in [-0.2, 0) is 10.0 Å². The normalized spacial score (nSPS) is 10.9. The Bertz CT molecular complexity index is 842. The minimum Gasteiger partial charge on any atom is -0.399 e. The lowest BCUT2D eigenvalue weighted by atomic mass is 10.2. The van der Waals surface area contributed by atoms with E-state index in [2.05, 4.69) is 4.72 Å². The molecule has 0 unspecified atom stereocenters. The van der Waals surface area contributed by atoms with E-state index in [0.29, 0.717) is 16.8 Å². The fourth-order valence-corrected chi connectivity index (χ4v) is 3.36. The molecule has 0 atom stereocenters. The van der Waals surface area contributed by atoms with E-state index >= 15 is 0 Å². The van der Waals surface area contributed by atoms with Crippen molar-refractivity contribution < 1.29 is 8.42 Å². The van der Waals surface area contributed by atoms with E-state index in [1.54, 1.807) is 13.0 Å². The van der Waals surface area contributed by atoms with Crippen LogP contribution in [0.1, 0.15) is 11.1 Å². The zero-order valence-corrected chi connectivity index (χ0v) is 12.7. The number of benzene rings is 2. The van der Waals surface area contributed by atoms with Crippen molar-refractivity contribution in [2.75, 3.05) is 10.5 Å². The summed E-state index contributed by atoms with van der Waals surface area (Å²) in [5, 5.41) is 9.06. The fraction of sp³-hybridized carbons (Fsp3) is 0.0714. The van der Waals surface area contributed by atoms with Gasteiger partial charge in [-0.25, -0.2) is 8.42 Å². The smallest absolute Gasteiger partial charge is 0.262 e. The first-order valence-electron chi connectivity index (χ1n) is 5.92. The SMILES string of the molecule is Cc1cc(C#N)ccc1S(=O)(=O)Nc1cc(N)ccc1Cl. The molecule has 108 valence electrons. The minimum atomic E-state index is -3.81. The van der Waals surface area contributed by atoms with Gasteiger partial charge in [0.05, 0.1) is 27.2 Å². The lowest BCUT2D eigenvalue weighted by molar-refractivity contribution is 0.600. The van der Waals surface area contributed by atoms with E-state index in [1.165, 1.54) is 30.3 Å². The molecule has 0 aromatic heterocycles. The van der Waals surface area contributed by atoms with Crippen molar-refractivity contribution in [2.45, 2.75) is 11.8 Å². The van der Waals surface area contributed by atoms with Crippen molar-refractivity contribution in [3.8, 4) is 6.07 Å². The topological polar surface area (TPSA) is 96.0 Å². The highest BCUT2D eigenvalue weighted by atomic mass is 35.5. The van der Waals surface area contributed by atoms with Crippen LogP contribution in [0.5, 0.6) is 0 Å². The zero-order valence-electron chi connectivity index (χ0n) is 11.1. The van der Waals surface area contributed by atoms with Crippen LogP contribution in [-0.4, -0.2) is 8.42 Å². The van der Waals surface area contributed by atoms with Gasteiger partial charge in [-0.2, -0.15) is 5.26 Å². The van der Waals surface area contributed by atoms with Gasteiger partial charge in [0.1, 0.15) is 0 Å². The second kappa shape index (κ2) is 5.64. The fourth-order valence-electron chi connectivity index (χ4n) is 1.84. The molecule has 5 nitrogen and oxygen atoms in total. The number of rotatable bonds is 3. The number of aryl methyl sites for hydroxylation is 1. The van der Waals surface area contributed by atoms with Gasteiger partial charge in [0, 0.05) is 5.69 Å². The number of anilines is 2. The van der Waals surface area contributed by atoms with Gasteiger partial charge in [0.25, 0.3) is 10.0 Å². The first-order chi connectivity index (χ1) is 9.83. The van der Waals surface area contributed by atoms with E-state index in [-0.39, 0.29) is 15.6 Å². The van der Waals surface area contributed by atoms with Crippen molar-refractivity contribution in [3.05, 3.63) is 52.5 Å². The summed E-state index contributed by atoms with van der Waals surface area (Å²) in [6.07, 6.45) is 0. The quantitative estimate of drug-likeness (QED) is 0.849. The van der Waals surface area contributed by atoms with Crippen molar-refractivity contribution in [2.24, 2.45) is 0 Å². The Morgan fingerprint density at radius 2 is 1.95 bits per heavy atom. The Morgan fingerprint density at radius 3 is 2.57 bits per heavy atom. The summed E-state index contributed by atoms with van der Waals surface area (Å²) >= 11 is 5.95. The predicted octanol–water partition coefficient (Wildman–Crippen LogP) is 2.90. The molecule has 2 aromatic rings. The Labute approximate surface area is 128 Å². The van der Waals surface area contributed by atoms with Gasteiger partial charge in [-0.15, -0.1) is 0 Å². The standard InChI is InChI=1S/C14H12ClN3O2S/c1-9-6-10(8-16)2-5-14(9)21(19,20)18-13-7-11(17)3-4-12(13)15/h2-7,18H,17H2,1H3. The number of sulfonamides is 1. The van der Waals surface area contributed by atoms with Crippen molar-refractivity contribution >= 4 is 33.0 Å². The molecule has 0 heterocycles.